The molecule has 0 aromatic carbocycles. The van der Waals surface area contributed by atoms with Crippen molar-refractivity contribution in [1.29, 1.82) is 0 Å². The summed E-state index contributed by atoms with van der Waals surface area (Å²) in [6.45, 7) is -1.25. The molecule has 0 saturated heterocycles. The molecule has 0 aliphatic rings. The lowest BCUT2D eigenvalue weighted by atomic mass is 10.2. The van der Waals surface area contributed by atoms with Crippen molar-refractivity contribution < 1.29 is 13.7 Å². The molecule has 0 atom stereocenters. The summed E-state index contributed by atoms with van der Waals surface area (Å²) in [7, 11) is 0. The first kappa shape index (κ1) is 2.60. The molecular weight excluding hydrogens is 92.1 g/mol. The van der Waals surface area contributed by atoms with Crippen molar-refractivity contribution in [3.8, 4) is 0 Å². The lowest BCUT2D eigenvalue weighted by Gasteiger charge is -1.81. The van der Waals surface area contributed by atoms with Gasteiger partial charge in [0.15, 0.2) is 11.6 Å². The molecule has 7 heavy (non-hydrogen) atoms. The maximum atomic E-state index is 10.4. The third kappa shape index (κ3) is 2.09. The third-order valence-electron chi connectivity index (χ3n) is 0.553. The van der Waals surface area contributed by atoms with E-state index in [1.54, 1.807) is 0 Å². The summed E-state index contributed by atoms with van der Waals surface area (Å²) in [4.78, 5) is 20.7. The van der Waals surface area contributed by atoms with Crippen LogP contribution < -0.4 is 0 Å². The van der Waals surface area contributed by atoms with E-state index in [4.69, 9.17) is 4.11 Å². The van der Waals surface area contributed by atoms with Gasteiger partial charge in [-0.25, -0.2) is 0 Å². The quantitative estimate of drug-likeness (QED) is 0.478. The summed E-state index contributed by atoms with van der Waals surface area (Å²) in [6.07, 6.45) is -0.650. The Hall–Kier alpha value is -0.660. The summed E-state index contributed by atoms with van der Waals surface area (Å²) < 4.78 is 19.8. The zero-order valence-electron chi connectivity index (χ0n) is 7.02. The van der Waals surface area contributed by atoms with Crippen molar-refractivity contribution >= 4 is 11.6 Å². The SMILES string of the molecule is [2H]C([2H])([2H])CC(=O)C(C)=O. The minimum absolute atomic E-state index is 0.650. The van der Waals surface area contributed by atoms with Crippen LogP contribution in [0.5, 0.6) is 0 Å². The first-order valence-electron chi connectivity index (χ1n) is 3.37. The summed E-state index contributed by atoms with van der Waals surface area (Å²) in [6, 6.07) is 0. The molecule has 0 fully saturated rings. The van der Waals surface area contributed by atoms with Gasteiger partial charge in [-0.1, -0.05) is 6.85 Å². The molecule has 0 unspecified atom stereocenters. The Morgan fingerprint density at radius 1 is 1.71 bits per heavy atom. The molecule has 2 heteroatoms. The van der Waals surface area contributed by atoms with Crippen LogP contribution in [-0.4, -0.2) is 11.6 Å². The van der Waals surface area contributed by atoms with E-state index >= 15 is 0 Å². The van der Waals surface area contributed by atoms with Gasteiger partial charge in [-0.05, 0) is 0 Å². The van der Waals surface area contributed by atoms with Gasteiger partial charge in [-0.3, -0.25) is 9.59 Å². The van der Waals surface area contributed by atoms with Crippen molar-refractivity contribution in [3.63, 3.8) is 0 Å². The molecule has 0 saturated carbocycles. The van der Waals surface area contributed by atoms with E-state index in [1.165, 1.54) is 0 Å². The zero-order valence-corrected chi connectivity index (χ0v) is 4.02. The van der Waals surface area contributed by atoms with E-state index in [0.29, 0.717) is 0 Å². The summed E-state index contributed by atoms with van der Waals surface area (Å²) in [5.41, 5.74) is 0. The van der Waals surface area contributed by atoms with Gasteiger partial charge < -0.3 is 0 Å². The third-order valence-corrected chi connectivity index (χ3v) is 0.553. The Balaban J connectivity index is 3.93. The molecule has 0 spiro atoms. The van der Waals surface area contributed by atoms with Crippen LogP contribution >= 0.6 is 0 Å². The van der Waals surface area contributed by atoms with Crippen LogP contribution in [0.15, 0.2) is 0 Å². The van der Waals surface area contributed by atoms with Crippen LogP contribution in [0.3, 0.4) is 0 Å². The highest BCUT2D eigenvalue weighted by Gasteiger charge is 2.00. The number of carbonyl (C=O) groups excluding carboxylic acids is 2. The Morgan fingerprint density at radius 2 is 2.29 bits per heavy atom. The second kappa shape index (κ2) is 2.50. The van der Waals surface area contributed by atoms with Crippen LogP contribution in [0.25, 0.3) is 0 Å². The Bertz CT molecular complexity index is 159. The van der Waals surface area contributed by atoms with Gasteiger partial charge >= 0.3 is 0 Å². The Morgan fingerprint density at radius 3 is 2.43 bits per heavy atom. The highest BCUT2D eigenvalue weighted by atomic mass is 16.2. The molecular formula is C5H8O2. The maximum Gasteiger partial charge on any atom is 0.197 e. The Kier molecular flexibility index (Phi) is 0.929. The number of hydrogen-bond donors (Lipinski definition) is 0. The summed E-state index contributed by atoms with van der Waals surface area (Å²) in [5, 5.41) is 0. The fraction of sp³-hybridized carbons (Fsp3) is 0.600. The Labute approximate surface area is 46.7 Å². The van der Waals surface area contributed by atoms with Crippen molar-refractivity contribution in [1.82, 2.24) is 0 Å². The van der Waals surface area contributed by atoms with E-state index in [-0.39, 0.29) is 0 Å². The zero-order chi connectivity index (χ0) is 8.36. The van der Waals surface area contributed by atoms with Gasteiger partial charge in [0.05, 0.1) is 0 Å². The van der Waals surface area contributed by atoms with Gasteiger partial charge in [0.25, 0.3) is 0 Å². The number of carbonyl (C=O) groups is 2. The molecule has 0 aromatic rings. The van der Waals surface area contributed by atoms with E-state index in [9.17, 15) is 9.59 Å². The first-order valence-corrected chi connectivity index (χ1v) is 1.87. The van der Waals surface area contributed by atoms with E-state index in [1.807, 2.05) is 0 Å². The van der Waals surface area contributed by atoms with Gasteiger partial charge in [0.1, 0.15) is 0 Å². The fourth-order valence-corrected chi connectivity index (χ4v) is 0.124. The smallest absolute Gasteiger partial charge is 0.197 e. The number of ketones is 2. The fourth-order valence-electron chi connectivity index (χ4n) is 0.124. The predicted octanol–water partition coefficient (Wildman–Crippen LogP) is 0.554. The molecule has 0 aromatic heterocycles. The standard InChI is InChI=1S/C5H8O2/c1-3-5(7)4(2)6/h3H2,1-2H3/i1D3. The average molecular weight is 103 g/mol. The summed E-state index contributed by atoms with van der Waals surface area (Å²) in [5.74, 6) is -1.53. The molecule has 0 aliphatic heterocycles. The number of Topliss-reactive ketones (excluding diaryl/α,β-unsaturated/α-hetero) is 2. The minimum Gasteiger partial charge on any atom is -0.291 e. The highest BCUT2D eigenvalue weighted by Crippen LogP contribution is 1.79. The second-order valence-electron chi connectivity index (χ2n) is 1.16. The van der Waals surface area contributed by atoms with Crippen molar-refractivity contribution in [2.45, 2.75) is 20.2 Å². The average Bonchev–Trinajstić information content (AvgIpc) is 1.60. The van der Waals surface area contributed by atoms with E-state index < -0.39 is 24.8 Å². The summed E-state index contributed by atoms with van der Waals surface area (Å²) >= 11 is 0. The highest BCUT2D eigenvalue weighted by molar-refractivity contribution is 6.36. The van der Waals surface area contributed by atoms with Gasteiger partial charge in [-0.15, -0.1) is 0 Å². The molecule has 0 bridgehead atoms. The normalized spacial score (nSPS) is 16.4. The van der Waals surface area contributed by atoms with Crippen LogP contribution in [0.4, 0.5) is 0 Å². The van der Waals surface area contributed by atoms with Gasteiger partial charge in [0.2, 0.25) is 0 Å². The largest absolute Gasteiger partial charge is 0.291 e. The molecule has 0 rings (SSSR count). The maximum absolute atomic E-state index is 10.4. The number of hydrogen-bond acceptors (Lipinski definition) is 2. The van der Waals surface area contributed by atoms with Crippen LogP contribution in [0, 0.1) is 0 Å². The molecule has 0 heterocycles. The lowest BCUT2D eigenvalue weighted by Crippen LogP contribution is -2.06. The van der Waals surface area contributed by atoms with E-state index in [2.05, 4.69) is 0 Å². The van der Waals surface area contributed by atoms with Crippen molar-refractivity contribution in [3.05, 3.63) is 0 Å². The minimum atomic E-state index is -2.32. The molecule has 0 aliphatic carbocycles. The van der Waals surface area contributed by atoms with Crippen LogP contribution in [0.2, 0.25) is 0 Å². The molecule has 2 nitrogen and oxygen atoms in total. The van der Waals surface area contributed by atoms with Crippen LogP contribution in [-0.2, 0) is 9.59 Å². The van der Waals surface area contributed by atoms with Gasteiger partial charge in [0, 0.05) is 17.5 Å². The molecule has 40 valence electrons. The molecule has 0 N–H and O–H groups in total. The second-order valence-corrected chi connectivity index (χ2v) is 1.16. The topological polar surface area (TPSA) is 34.1 Å². The van der Waals surface area contributed by atoms with E-state index in [0.717, 1.165) is 6.92 Å². The van der Waals surface area contributed by atoms with Crippen molar-refractivity contribution in [2.75, 3.05) is 0 Å². The monoisotopic (exact) mass is 103 g/mol. The molecule has 0 amide bonds. The molecule has 0 radical (unpaired) electrons. The van der Waals surface area contributed by atoms with Crippen molar-refractivity contribution in [2.24, 2.45) is 0 Å². The first-order chi connectivity index (χ1) is 4.33. The van der Waals surface area contributed by atoms with Crippen LogP contribution in [0.1, 0.15) is 24.3 Å². The lowest BCUT2D eigenvalue weighted by molar-refractivity contribution is -0.135. The number of rotatable bonds is 2. The predicted molar refractivity (Wildman–Crippen MR) is 26.0 cm³/mol. The van der Waals surface area contributed by atoms with Gasteiger partial charge in [-0.2, -0.15) is 0 Å².